The Hall–Kier alpha value is -3.48. The van der Waals surface area contributed by atoms with Gasteiger partial charge in [-0.15, -0.1) is 9.41 Å². The van der Waals surface area contributed by atoms with Crippen LogP contribution in [-0.4, -0.2) is 51.6 Å². The summed E-state index contributed by atoms with van der Waals surface area (Å²) in [5, 5.41) is 4.70. The maximum atomic E-state index is 15.2. The van der Waals surface area contributed by atoms with Crippen LogP contribution in [-0.2, 0) is 14.2 Å². The van der Waals surface area contributed by atoms with Gasteiger partial charge in [-0.25, -0.2) is 23.1 Å². The summed E-state index contributed by atoms with van der Waals surface area (Å²) < 4.78 is 77.6. The van der Waals surface area contributed by atoms with E-state index in [4.69, 9.17) is 4.74 Å². The summed E-state index contributed by atoms with van der Waals surface area (Å²) >= 11 is 0. The molecule has 0 aliphatic carbocycles. The molecule has 1 amide bonds. The number of ether oxygens (including phenoxy) is 1. The summed E-state index contributed by atoms with van der Waals surface area (Å²) in [5.41, 5.74) is 0.809. The molecule has 1 aliphatic heterocycles. The first-order chi connectivity index (χ1) is 17.3. The Kier molecular flexibility index (Phi) is 7.27. The van der Waals surface area contributed by atoms with Crippen molar-refractivity contribution >= 4 is 49.3 Å². The van der Waals surface area contributed by atoms with Gasteiger partial charge in [-0.05, 0) is 50.0 Å². The van der Waals surface area contributed by atoms with E-state index >= 15 is 4.39 Å². The smallest absolute Gasteiger partial charge is 0.408 e. The Morgan fingerprint density at radius 1 is 1.16 bits per heavy atom. The number of nitrogens with zero attached hydrogens (tertiary/aromatic N) is 3. The van der Waals surface area contributed by atoms with Crippen LogP contribution in [0.3, 0.4) is 0 Å². The van der Waals surface area contributed by atoms with Gasteiger partial charge in [-0.1, -0.05) is 5.87 Å². The highest BCUT2D eigenvalue weighted by molar-refractivity contribution is 8.03. The molecule has 3 aromatic rings. The van der Waals surface area contributed by atoms with E-state index in [1.807, 2.05) is 0 Å². The number of hydrogen-bond acceptors (Lipinski definition) is 6. The van der Waals surface area contributed by atoms with Crippen molar-refractivity contribution in [2.45, 2.75) is 38.6 Å². The van der Waals surface area contributed by atoms with Crippen LogP contribution in [0.25, 0.3) is 10.9 Å². The lowest BCUT2D eigenvalue weighted by atomic mass is 10.2. The molecule has 0 spiro atoms. The molecule has 1 saturated heterocycles. The Labute approximate surface area is 210 Å². The third-order valence-electron chi connectivity index (χ3n) is 5.74. The molecule has 198 valence electrons. The number of benzene rings is 2. The Morgan fingerprint density at radius 2 is 1.89 bits per heavy atom. The first-order valence-electron chi connectivity index (χ1n) is 11.2. The average Bonchev–Trinajstić information content (AvgIpc) is 2.79. The number of amides is 1. The minimum atomic E-state index is -4.64. The van der Waals surface area contributed by atoms with E-state index in [-0.39, 0.29) is 28.2 Å². The van der Waals surface area contributed by atoms with Gasteiger partial charge in [0.25, 0.3) is 5.91 Å². The summed E-state index contributed by atoms with van der Waals surface area (Å²) in [7, 11) is -1.38. The second kappa shape index (κ2) is 10.1. The fraction of sp³-hybridized carbons (Fsp3) is 0.333. The summed E-state index contributed by atoms with van der Waals surface area (Å²) in [6, 6.07) is 4.11. The van der Waals surface area contributed by atoms with Crippen molar-refractivity contribution in [1.82, 2.24) is 15.3 Å². The maximum absolute atomic E-state index is 15.2. The maximum Gasteiger partial charge on any atom is 0.408 e. The van der Waals surface area contributed by atoms with Gasteiger partial charge in [0, 0.05) is 12.1 Å². The van der Waals surface area contributed by atoms with Gasteiger partial charge >= 0.3 is 6.18 Å². The fourth-order valence-electron chi connectivity index (χ4n) is 3.55. The standard InChI is InChI=1S/C24H24F5N5O2S/c1-13(23(35)32-14(2)24(27,28)29)36-20-9-15(25)5-6-18(20)33-22-21-17(26)10-16(11-19(21)30-12-31-22)34-37(3)7-4-8-37/h5-6,9-14H,3-4,7-8H2,1-2H3,(H,32,35)(H,30,31,33)/t13-,14+/m1/s1. The van der Waals surface area contributed by atoms with Crippen LogP contribution in [0.5, 0.6) is 5.75 Å². The molecular formula is C24H24F5N5O2S. The molecule has 7 nitrogen and oxygen atoms in total. The second-order valence-corrected chi connectivity index (χ2v) is 11.7. The van der Waals surface area contributed by atoms with E-state index in [0.717, 1.165) is 37.0 Å². The quantitative estimate of drug-likeness (QED) is 0.314. The SMILES string of the molecule is C=S1(=Nc2cc(F)c3c(Nc4ccc(F)cc4O[C@H](C)C(=O)N[C@@H](C)C(F)(F)F)ncnc3c2)CCC1. The normalized spacial score (nSPS) is 16.4. The summed E-state index contributed by atoms with van der Waals surface area (Å²) in [6.45, 7) is 2.01. The van der Waals surface area contributed by atoms with Crippen LogP contribution in [0.4, 0.5) is 39.1 Å². The molecule has 0 saturated carbocycles. The number of fused-ring (bicyclic) bond motifs is 1. The van der Waals surface area contributed by atoms with Gasteiger partial charge in [0.05, 0.1) is 22.3 Å². The number of carbonyl (C=O) groups is 1. The molecule has 0 radical (unpaired) electrons. The van der Waals surface area contributed by atoms with Gasteiger partial charge in [-0.3, -0.25) is 4.79 Å². The zero-order valence-electron chi connectivity index (χ0n) is 19.9. The van der Waals surface area contributed by atoms with Gasteiger partial charge in [0.15, 0.2) is 6.10 Å². The van der Waals surface area contributed by atoms with Crippen LogP contribution in [0.15, 0.2) is 41.0 Å². The zero-order chi connectivity index (χ0) is 27.0. The molecule has 4 rings (SSSR count). The molecule has 1 aromatic heterocycles. The molecule has 1 fully saturated rings. The summed E-state index contributed by atoms with van der Waals surface area (Å²) in [5.74, 6) is 3.38. The molecule has 2 aromatic carbocycles. The van der Waals surface area contributed by atoms with E-state index in [0.29, 0.717) is 5.69 Å². The van der Waals surface area contributed by atoms with Crippen LogP contribution in [0.2, 0.25) is 0 Å². The Morgan fingerprint density at radius 3 is 2.54 bits per heavy atom. The summed E-state index contributed by atoms with van der Waals surface area (Å²) in [4.78, 5) is 20.4. The minimum Gasteiger partial charge on any atom is -0.479 e. The van der Waals surface area contributed by atoms with Crippen molar-refractivity contribution in [1.29, 1.82) is 0 Å². The molecule has 37 heavy (non-hydrogen) atoms. The molecule has 0 unspecified atom stereocenters. The van der Waals surface area contributed by atoms with E-state index in [2.05, 4.69) is 25.5 Å². The highest BCUT2D eigenvalue weighted by Gasteiger charge is 2.38. The highest BCUT2D eigenvalue weighted by atomic mass is 32.2. The highest BCUT2D eigenvalue weighted by Crippen LogP contribution is 2.34. The van der Waals surface area contributed by atoms with Crippen molar-refractivity contribution in [3.63, 3.8) is 0 Å². The van der Waals surface area contributed by atoms with Crippen molar-refractivity contribution in [2.75, 3.05) is 16.8 Å². The van der Waals surface area contributed by atoms with Crippen LogP contribution >= 0.6 is 0 Å². The number of hydrogen-bond donors (Lipinski definition) is 2. The molecule has 0 bridgehead atoms. The minimum absolute atomic E-state index is 0.0358. The number of rotatable bonds is 7. The Bertz CT molecular complexity index is 1460. The molecule has 2 heterocycles. The number of aromatic nitrogens is 2. The third kappa shape index (κ3) is 6.09. The average molecular weight is 542 g/mol. The van der Waals surface area contributed by atoms with Crippen molar-refractivity contribution in [3.05, 3.63) is 48.3 Å². The van der Waals surface area contributed by atoms with Crippen molar-refractivity contribution in [2.24, 2.45) is 4.36 Å². The van der Waals surface area contributed by atoms with Crippen molar-refractivity contribution < 1.29 is 31.5 Å². The van der Waals surface area contributed by atoms with Crippen molar-refractivity contribution in [3.8, 4) is 5.75 Å². The van der Waals surface area contributed by atoms with Gasteiger partial charge in [0.1, 0.15) is 35.6 Å². The topological polar surface area (TPSA) is 88.5 Å². The molecule has 1 aliphatic rings. The molecular weight excluding hydrogens is 517 g/mol. The van der Waals surface area contributed by atoms with E-state index < -0.39 is 45.3 Å². The lowest BCUT2D eigenvalue weighted by Gasteiger charge is -2.24. The lowest BCUT2D eigenvalue weighted by Crippen LogP contribution is -2.47. The van der Waals surface area contributed by atoms with Gasteiger partial charge in [-0.2, -0.15) is 13.2 Å². The lowest BCUT2D eigenvalue weighted by molar-refractivity contribution is -0.160. The first kappa shape index (κ1) is 26.6. The number of alkyl halides is 3. The number of carbonyl (C=O) groups excluding carboxylic acids is 1. The molecule has 2 atom stereocenters. The number of anilines is 2. The predicted octanol–water partition coefficient (Wildman–Crippen LogP) is 5.29. The van der Waals surface area contributed by atoms with Crippen LogP contribution in [0.1, 0.15) is 20.3 Å². The van der Waals surface area contributed by atoms with Gasteiger partial charge < -0.3 is 15.4 Å². The van der Waals surface area contributed by atoms with E-state index in [1.165, 1.54) is 25.4 Å². The fourth-order valence-corrected chi connectivity index (χ4v) is 5.24. The molecule has 13 heteroatoms. The third-order valence-corrected chi connectivity index (χ3v) is 8.44. The largest absolute Gasteiger partial charge is 0.479 e. The number of nitrogens with one attached hydrogen (secondary N) is 2. The Balaban J connectivity index is 1.62. The van der Waals surface area contributed by atoms with Gasteiger partial charge in [0.2, 0.25) is 0 Å². The second-order valence-electron chi connectivity index (χ2n) is 8.69. The molecule has 2 N–H and O–H groups in total. The van der Waals surface area contributed by atoms with Crippen LogP contribution < -0.4 is 15.4 Å². The summed E-state index contributed by atoms with van der Waals surface area (Å²) in [6.07, 6.45) is -3.79. The number of halogens is 5. The van der Waals surface area contributed by atoms with Crippen LogP contribution in [0, 0.1) is 11.6 Å². The zero-order valence-corrected chi connectivity index (χ0v) is 20.7. The predicted molar refractivity (Wildman–Crippen MR) is 134 cm³/mol. The monoisotopic (exact) mass is 541 g/mol. The first-order valence-corrected chi connectivity index (χ1v) is 13.3. The van der Waals surface area contributed by atoms with E-state index in [9.17, 15) is 22.4 Å². The van der Waals surface area contributed by atoms with E-state index in [1.54, 1.807) is 11.4 Å².